The first-order valence-corrected chi connectivity index (χ1v) is 23.0. The fourth-order valence-corrected chi connectivity index (χ4v) is 9.72. The third-order valence-electron chi connectivity index (χ3n) is 12.0. The first-order valence-electron chi connectivity index (χ1n) is 20.8. The Morgan fingerprint density at radius 3 is 2.56 bits per heavy atom. The minimum Gasteiger partial charge on any atom is -0.455 e. The Morgan fingerprint density at radius 2 is 1.81 bits per heavy atom. The molecule has 2 aromatic heterocycles. The van der Waals surface area contributed by atoms with E-state index >= 15 is 0 Å². The van der Waals surface area contributed by atoms with Crippen LogP contribution in [0, 0.1) is 21.4 Å². The minimum atomic E-state index is -4.56. The van der Waals surface area contributed by atoms with Gasteiger partial charge in [0.1, 0.15) is 22.8 Å². The van der Waals surface area contributed by atoms with Crippen molar-refractivity contribution in [3.05, 3.63) is 116 Å². The summed E-state index contributed by atoms with van der Waals surface area (Å²) < 4.78 is 41.2. The Kier molecular flexibility index (Phi) is 12.8. The van der Waals surface area contributed by atoms with Gasteiger partial charge in [-0.15, -0.1) is 0 Å². The van der Waals surface area contributed by atoms with Crippen molar-refractivity contribution in [2.75, 3.05) is 62.7 Å². The smallest absolute Gasteiger partial charge is 0.293 e. The molecule has 2 fully saturated rings. The van der Waals surface area contributed by atoms with Crippen LogP contribution >= 0.6 is 23.2 Å². The maximum atomic E-state index is 13.9. The van der Waals surface area contributed by atoms with Crippen molar-refractivity contribution in [2.45, 2.75) is 50.8 Å². The molecule has 2 aliphatic heterocycles. The summed E-state index contributed by atoms with van der Waals surface area (Å²) in [5.74, 6) is -0.226. The van der Waals surface area contributed by atoms with Crippen molar-refractivity contribution >= 4 is 72.8 Å². The molecule has 3 aromatic carbocycles. The number of carbonyl (C=O) groups is 1. The number of amides is 1. The highest BCUT2D eigenvalue weighted by atomic mass is 35.5. The first kappa shape index (κ1) is 43.5. The molecule has 17 heteroatoms. The van der Waals surface area contributed by atoms with E-state index in [9.17, 15) is 23.3 Å². The number of pyridine rings is 1. The average Bonchev–Trinajstić information content (AvgIpc) is 3.73. The van der Waals surface area contributed by atoms with Gasteiger partial charge >= 0.3 is 0 Å². The van der Waals surface area contributed by atoms with Crippen molar-refractivity contribution in [1.29, 1.82) is 0 Å². The Bertz CT molecular complexity index is 2640. The molecule has 3 N–H and O–H groups in total. The van der Waals surface area contributed by atoms with Crippen LogP contribution in [0.15, 0.2) is 89.6 Å². The van der Waals surface area contributed by atoms with Gasteiger partial charge in [-0.2, -0.15) is 0 Å². The molecule has 0 bridgehead atoms. The molecule has 62 heavy (non-hydrogen) atoms. The van der Waals surface area contributed by atoms with E-state index in [0.29, 0.717) is 54.3 Å². The summed E-state index contributed by atoms with van der Waals surface area (Å²) in [6.45, 7) is 10.2. The fourth-order valence-electron chi connectivity index (χ4n) is 8.43. The number of hydrogen-bond donors (Lipinski definition) is 3. The lowest BCUT2D eigenvalue weighted by Gasteiger charge is -2.39. The number of aromatic amines is 1. The summed E-state index contributed by atoms with van der Waals surface area (Å²) in [6, 6.07) is 18.1. The monoisotopic (exact) mass is 901 g/mol. The summed E-state index contributed by atoms with van der Waals surface area (Å²) >= 11 is 12.7. The number of piperazine rings is 1. The van der Waals surface area contributed by atoms with Crippen LogP contribution < -0.4 is 19.7 Å². The number of nitro groups is 1. The van der Waals surface area contributed by atoms with Crippen LogP contribution in [0.2, 0.25) is 10.0 Å². The van der Waals surface area contributed by atoms with Gasteiger partial charge in [-0.25, -0.2) is 18.1 Å². The van der Waals surface area contributed by atoms with Crippen LogP contribution in [-0.4, -0.2) is 86.6 Å². The number of anilines is 2. The number of nitrogens with zero attached hydrogens (tertiary/aromatic N) is 4. The summed E-state index contributed by atoms with van der Waals surface area (Å²) in [4.78, 5) is 37.1. The first-order chi connectivity index (χ1) is 29.7. The molecule has 2 saturated heterocycles. The molecule has 1 aliphatic carbocycles. The highest BCUT2D eigenvalue weighted by Gasteiger charge is 2.31. The normalized spacial score (nSPS) is 17.6. The molecule has 0 saturated carbocycles. The molecular weight excluding hydrogens is 854 g/mol. The van der Waals surface area contributed by atoms with Crippen LogP contribution in [0.1, 0.15) is 61.9 Å². The zero-order valence-corrected chi connectivity index (χ0v) is 36.9. The van der Waals surface area contributed by atoms with Crippen molar-refractivity contribution in [3.8, 4) is 11.5 Å². The molecule has 0 spiro atoms. The van der Waals surface area contributed by atoms with Crippen LogP contribution in [-0.2, 0) is 14.8 Å². The molecule has 0 radical (unpaired) electrons. The number of rotatable bonds is 13. The molecule has 5 aromatic rings. The molecule has 8 rings (SSSR count). The Labute approximate surface area is 370 Å². The standard InChI is InChI=1S/C45H49Cl2N7O7S/c1-45(2)13-9-32(37(25-45)30-3-7-38(46)39(47)22-30)28-52-15-17-53(18-16-52)33-4-6-36(42(23-33)61-34-21-31-10-14-48-43(31)50-27-34)44(55)51-62(58,59)35-5-8-40(41(24-35)54(56)57)49-26-29-11-19-60-20-12-29/h3-8,10,14,21-24,27,29,49H,9,11-13,15-20,25-26,28H2,1-2H3,(H,48,50)(H,51,55). The van der Waals surface area contributed by atoms with Gasteiger partial charge in [0.15, 0.2) is 0 Å². The van der Waals surface area contributed by atoms with Crippen molar-refractivity contribution in [2.24, 2.45) is 11.3 Å². The van der Waals surface area contributed by atoms with Gasteiger partial charge in [-0.1, -0.05) is 48.7 Å². The predicted molar refractivity (Wildman–Crippen MR) is 242 cm³/mol. The Balaban J connectivity index is 1.01. The van der Waals surface area contributed by atoms with Gasteiger partial charge in [0.2, 0.25) is 0 Å². The van der Waals surface area contributed by atoms with Crippen molar-refractivity contribution in [1.82, 2.24) is 19.6 Å². The number of nitro benzene ring substituents is 1. The van der Waals surface area contributed by atoms with E-state index in [1.54, 1.807) is 24.4 Å². The average molecular weight is 903 g/mol. The second-order valence-electron chi connectivity index (χ2n) is 17.0. The number of halogens is 2. The van der Waals surface area contributed by atoms with Crippen LogP contribution in [0.3, 0.4) is 0 Å². The largest absolute Gasteiger partial charge is 0.455 e. The van der Waals surface area contributed by atoms with Gasteiger partial charge in [0, 0.05) is 81.9 Å². The van der Waals surface area contributed by atoms with Gasteiger partial charge in [0.05, 0.1) is 31.6 Å². The maximum absolute atomic E-state index is 13.9. The SMILES string of the molecule is CC1(C)CCC(CN2CCN(c3ccc(C(=O)NS(=O)(=O)c4ccc(NCC5CCOCC5)c([N+](=O)[O-])c4)c(Oc4cnc5[nH]ccc5c4)c3)CC2)=C(c2ccc(Cl)c(Cl)c2)C1. The third kappa shape index (κ3) is 10.0. The number of aromatic nitrogens is 2. The number of fused-ring (bicyclic) bond motifs is 1. The van der Waals surface area contributed by atoms with E-state index in [0.717, 1.165) is 74.4 Å². The van der Waals surface area contributed by atoms with Crippen molar-refractivity contribution < 1.29 is 27.6 Å². The number of H-pyrrole nitrogens is 1. The lowest BCUT2D eigenvalue weighted by molar-refractivity contribution is -0.384. The lowest BCUT2D eigenvalue weighted by Crippen LogP contribution is -2.47. The van der Waals surface area contributed by atoms with E-state index in [2.05, 4.69) is 49.7 Å². The fraction of sp³-hybridized carbons (Fsp3) is 0.378. The molecule has 326 valence electrons. The summed E-state index contributed by atoms with van der Waals surface area (Å²) in [5, 5.41) is 17.1. The molecule has 3 aliphatic rings. The molecular formula is C45H49Cl2N7O7S. The summed E-state index contributed by atoms with van der Waals surface area (Å²) in [5.41, 5.74) is 5.22. The van der Waals surface area contributed by atoms with Crippen LogP contribution in [0.25, 0.3) is 16.6 Å². The number of allylic oxidation sites excluding steroid dienone is 1. The number of hydrogen-bond acceptors (Lipinski definition) is 11. The highest BCUT2D eigenvalue weighted by Crippen LogP contribution is 2.44. The van der Waals surface area contributed by atoms with E-state index < -0.39 is 31.4 Å². The lowest BCUT2D eigenvalue weighted by atomic mass is 9.72. The third-order valence-corrected chi connectivity index (χ3v) is 14.1. The van der Waals surface area contributed by atoms with Crippen molar-refractivity contribution in [3.63, 3.8) is 0 Å². The molecule has 0 unspecified atom stereocenters. The Hall–Kier alpha value is -5.19. The number of carbonyl (C=O) groups excluding carboxylic acids is 1. The Morgan fingerprint density at radius 1 is 1.02 bits per heavy atom. The predicted octanol–water partition coefficient (Wildman–Crippen LogP) is 9.31. The number of ether oxygens (including phenoxy) is 2. The summed E-state index contributed by atoms with van der Waals surface area (Å²) in [6.07, 6.45) is 7.98. The van der Waals surface area contributed by atoms with Gasteiger partial charge in [-0.3, -0.25) is 19.8 Å². The topological polar surface area (TPSA) is 172 Å². The van der Waals surface area contributed by atoms with E-state index in [1.165, 1.54) is 35.5 Å². The molecule has 4 heterocycles. The van der Waals surface area contributed by atoms with E-state index in [4.69, 9.17) is 32.7 Å². The number of benzene rings is 3. The zero-order valence-electron chi connectivity index (χ0n) is 34.6. The molecule has 1 amide bonds. The zero-order chi connectivity index (χ0) is 43.6. The summed E-state index contributed by atoms with van der Waals surface area (Å²) in [7, 11) is -4.56. The maximum Gasteiger partial charge on any atom is 0.293 e. The van der Waals surface area contributed by atoms with Crippen LogP contribution in [0.4, 0.5) is 17.1 Å². The highest BCUT2D eigenvalue weighted by molar-refractivity contribution is 7.90. The quantitative estimate of drug-likeness (QED) is 0.0760. The minimum absolute atomic E-state index is 0.0450. The molecule has 0 atom stereocenters. The molecule has 14 nitrogen and oxygen atoms in total. The second-order valence-corrected chi connectivity index (χ2v) is 19.5. The van der Waals surface area contributed by atoms with E-state index in [-0.39, 0.29) is 28.3 Å². The van der Waals surface area contributed by atoms with E-state index in [1.807, 2.05) is 18.2 Å². The van der Waals surface area contributed by atoms with Gasteiger partial charge in [0.25, 0.3) is 21.6 Å². The van der Waals surface area contributed by atoms with Crippen LogP contribution in [0.5, 0.6) is 11.5 Å². The second kappa shape index (κ2) is 18.3. The van der Waals surface area contributed by atoms with Gasteiger partial charge in [-0.05, 0) is 103 Å². The van der Waals surface area contributed by atoms with Gasteiger partial charge < -0.3 is 24.7 Å². The number of nitrogens with one attached hydrogen (secondary N) is 3. The number of sulfonamides is 1.